The number of carbonyl (C=O) groups is 2. The molecule has 1 aliphatic rings. The molecule has 2 heterocycles. The van der Waals surface area contributed by atoms with E-state index < -0.39 is 44.4 Å². The second-order valence-corrected chi connectivity index (χ2v) is 8.53. The Labute approximate surface area is 174 Å². The molecule has 0 aliphatic carbocycles. The SMILES string of the molecule is Cn1nc(NC(=O)c2ccc(OC(=O)C3CCCCN3)cc2)nc1S(=O)(=O)C(F)(F)F. The quantitative estimate of drug-likeness (QED) is 0.505. The van der Waals surface area contributed by atoms with Crippen LogP contribution in [0, 0.1) is 0 Å². The molecule has 1 amide bonds. The highest BCUT2D eigenvalue weighted by Crippen LogP contribution is 2.29. The van der Waals surface area contributed by atoms with E-state index in [1.54, 1.807) is 0 Å². The number of piperidine rings is 1. The summed E-state index contributed by atoms with van der Waals surface area (Å²) >= 11 is 0. The van der Waals surface area contributed by atoms with Gasteiger partial charge in [-0.05, 0) is 43.7 Å². The zero-order valence-corrected chi connectivity index (χ0v) is 17.0. The number of aromatic nitrogens is 3. The maximum Gasteiger partial charge on any atom is 0.505 e. The molecular formula is C17H18F3N5O5S. The molecule has 2 N–H and O–H groups in total. The minimum absolute atomic E-state index is 0.0586. The molecule has 10 nitrogen and oxygen atoms in total. The minimum Gasteiger partial charge on any atom is -0.425 e. The van der Waals surface area contributed by atoms with Crippen molar-refractivity contribution < 1.29 is 35.9 Å². The monoisotopic (exact) mass is 461 g/mol. The Morgan fingerprint density at radius 1 is 1.23 bits per heavy atom. The molecule has 168 valence electrons. The van der Waals surface area contributed by atoms with Crippen LogP contribution in [0.5, 0.6) is 5.75 Å². The second kappa shape index (κ2) is 8.63. The Morgan fingerprint density at radius 2 is 1.90 bits per heavy atom. The lowest BCUT2D eigenvalue weighted by Gasteiger charge is -2.21. The summed E-state index contributed by atoms with van der Waals surface area (Å²) < 4.78 is 66.7. The van der Waals surface area contributed by atoms with Crippen molar-refractivity contribution in [2.24, 2.45) is 7.05 Å². The molecule has 1 fully saturated rings. The van der Waals surface area contributed by atoms with Crippen molar-refractivity contribution in [1.82, 2.24) is 20.1 Å². The fourth-order valence-corrected chi connectivity index (χ4v) is 3.65. The highest BCUT2D eigenvalue weighted by Gasteiger charge is 2.50. The zero-order valence-electron chi connectivity index (χ0n) is 16.1. The summed E-state index contributed by atoms with van der Waals surface area (Å²) in [6.45, 7) is 0.729. The number of nitrogens with one attached hydrogen (secondary N) is 2. The largest absolute Gasteiger partial charge is 0.505 e. The predicted octanol–water partition coefficient (Wildman–Crippen LogP) is 1.41. The molecule has 31 heavy (non-hydrogen) atoms. The summed E-state index contributed by atoms with van der Waals surface area (Å²) in [7, 11) is -4.78. The number of nitrogens with zero attached hydrogens (tertiary/aromatic N) is 3. The van der Waals surface area contributed by atoms with Gasteiger partial charge in [-0.1, -0.05) is 6.42 Å². The van der Waals surface area contributed by atoms with Gasteiger partial charge in [0.15, 0.2) is 0 Å². The number of hydrogen-bond donors (Lipinski definition) is 2. The van der Waals surface area contributed by atoms with E-state index in [0.717, 1.165) is 26.4 Å². The molecule has 0 radical (unpaired) electrons. The van der Waals surface area contributed by atoms with Crippen LogP contribution in [0.15, 0.2) is 29.4 Å². The van der Waals surface area contributed by atoms with Gasteiger partial charge in [0, 0.05) is 12.6 Å². The van der Waals surface area contributed by atoms with Crippen molar-refractivity contribution >= 4 is 27.7 Å². The third kappa shape index (κ3) is 5.02. The van der Waals surface area contributed by atoms with E-state index in [4.69, 9.17) is 4.74 Å². The van der Waals surface area contributed by atoms with Gasteiger partial charge < -0.3 is 10.1 Å². The average molecular weight is 461 g/mol. The van der Waals surface area contributed by atoms with Crippen molar-refractivity contribution in [3.8, 4) is 5.75 Å². The van der Waals surface area contributed by atoms with Crippen LogP contribution in [0.2, 0.25) is 0 Å². The number of ether oxygens (including phenoxy) is 1. The van der Waals surface area contributed by atoms with Crippen molar-refractivity contribution in [2.75, 3.05) is 11.9 Å². The fraction of sp³-hybridized carbons (Fsp3) is 0.412. The van der Waals surface area contributed by atoms with Crippen molar-refractivity contribution in [3.63, 3.8) is 0 Å². The Hall–Kier alpha value is -3.00. The maximum absolute atomic E-state index is 12.7. The smallest absolute Gasteiger partial charge is 0.425 e. The van der Waals surface area contributed by atoms with Gasteiger partial charge in [-0.3, -0.25) is 10.1 Å². The fourth-order valence-electron chi connectivity index (χ4n) is 2.85. The number of hydrogen-bond acceptors (Lipinski definition) is 8. The molecule has 1 saturated heterocycles. The number of alkyl halides is 3. The lowest BCUT2D eigenvalue weighted by atomic mass is 10.1. The van der Waals surface area contributed by atoms with Crippen LogP contribution >= 0.6 is 0 Å². The molecule has 3 rings (SSSR count). The van der Waals surface area contributed by atoms with E-state index in [-0.39, 0.29) is 11.3 Å². The third-order valence-electron chi connectivity index (χ3n) is 4.42. The highest BCUT2D eigenvalue weighted by atomic mass is 32.2. The third-order valence-corrected chi connectivity index (χ3v) is 5.87. The molecule has 0 bridgehead atoms. The van der Waals surface area contributed by atoms with Crippen molar-refractivity contribution in [1.29, 1.82) is 0 Å². The van der Waals surface area contributed by atoms with Gasteiger partial charge in [0.1, 0.15) is 11.8 Å². The van der Waals surface area contributed by atoms with Gasteiger partial charge in [0.2, 0.25) is 5.95 Å². The summed E-state index contributed by atoms with van der Waals surface area (Å²) in [4.78, 5) is 27.6. The van der Waals surface area contributed by atoms with Crippen molar-refractivity contribution in [3.05, 3.63) is 29.8 Å². The zero-order chi connectivity index (χ0) is 22.8. The molecule has 1 aliphatic heterocycles. The number of amides is 1. The number of anilines is 1. The van der Waals surface area contributed by atoms with Gasteiger partial charge in [-0.15, -0.1) is 5.10 Å². The highest BCUT2D eigenvalue weighted by molar-refractivity contribution is 7.92. The van der Waals surface area contributed by atoms with Crippen LogP contribution in [0.4, 0.5) is 19.1 Å². The van der Waals surface area contributed by atoms with E-state index in [1.807, 2.05) is 0 Å². The first-order chi connectivity index (χ1) is 14.5. The molecule has 14 heteroatoms. The van der Waals surface area contributed by atoms with Crippen LogP contribution in [0.25, 0.3) is 0 Å². The molecule has 2 aromatic rings. The van der Waals surface area contributed by atoms with Gasteiger partial charge in [-0.25, -0.2) is 17.9 Å². The van der Waals surface area contributed by atoms with E-state index >= 15 is 0 Å². The van der Waals surface area contributed by atoms with Gasteiger partial charge in [-0.2, -0.15) is 18.2 Å². The second-order valence-electron chi connectivity index (χ2n) is 6.69. The first-order valence-corrected chi connectivity index (χ1v) is 10.6. The topological polar surface area (TPSA) is 132 Å². The number of benzene rings is 1. The average Bonchev–Trinajstić information content (AvgIpc) is 3.09. The summed E-state index contributed by atoms with van der Waals surface area (Å²) in [5, 5.41) is 7.31. The van der Waals surface area contributed by atoms with Crippen LogP contribution in [-0.4, -0.2) is 53.2 Å². The minimum atomic E-state index is -5.73. The lowest BCUT2D eigenvalue weighted by molar-refractivity contribution is -0.137. The molecule has 1 unspecified atom stereocenters. The van der Waals surface area contributed by atoms with Crippen molar-refractivity contribution in [2.45, 2.75) is 36.0 Å². The van der Waals surface area contributed by atoms with Crippen LogP contribution in [0.3, 0.4) is 0 Å². The van der Waals surface area contributed by atoms with Crippen LogP contribution in [0.1, 0.15) is 29.6 Å². The first-order valence-electron chi connectivity index (χ1n) is 9.08. The van der Waals surface area contributed by atoms with E-state index in [2.05, 4.69) is 20.7 Å². The number of aryl methyl sites for hydroxylation is 1. The van der Waals surface area contributed by atoms with Gasteiger partial charge in [0.25, 0.3) is 11.1 Å². The predicted molar refractivity (Wildman–Crippen MR) is 99.9 cm³/mol. The molecule has 0 spiro atoms. The van der Waals surface area contributed by atoms with Crippen LogP contribution in [-0.2, 0) is 21.7 Å². The van der Waals surface area contributed by atoms with Gasteiger partial charge in [0.05, 0.1) is 0 Å². The molecular weight excluding hydrogens is 443 g/mol. The summed E-state index contributed by atoms with van der Waals surface area (Å²) in [5.74, 6) is -1.64. The lowest BCUT2D eigenvalue weighted by Crippen LogP contribution is -2.42. The van der Waals surface area contributed by atoms with Crippen LogP contribution < -0.4 is 15.4 Å². The molecule has 0 saturated carbocycles. The summed E-state index contributed by atoms with van der Waals surface area (Å²) in [6, 6.07) is 5.00. The Morgan fingerprint density at radius 3 is 2.48 bits per heavy atom. The Balaban J connectivity index is 1.66. The van der Waals surface area contributed by atoms with E-state index in [0.29, 0.717) is 11.1 Å². The molecule has 1 aromatic carbocycles. The normalized spacial score (nSPS) is 17.2. The number of halogens is 3. The standard InChI is InChI=1S/C17H18F3N5O5S/c1-25-16(31(28,29)17(18,19)20)23-15(24-25)22-13(26)10-5-7-11(8-6-10)30-14(27)12-4-2-3-9-21-12/h5-8,12,21H,2-4,9H2,1H3,(H,22,24,26). The van der Waals surface area contributed by atoms with E-state index in [1.165, 1.54) is 24.3 Å². The molecule has 1 atom stereocenters. The van der Waals surface area contributed by atoms with E-state index in [9.17, 15) is 31.2 Å². The van der Waals surface area contributed by atoms with Gasteiger partial charge >= 0.3 is 21.3 Å². The summed E-state index contributed by atoms with van der Waals surface area (Å²) in [5.41, 5.74) is -5.50. The number of sulfone groups is 1. The number of esters is 1. The summed E-state index contributed by atoms with van der Waals surface area (Å²) in [6.07, 6.45) is 2.57. The number of rotatable bonds is 5. The molecule has 1 aromatic heterocycles. The first kappa shape index (κ1) is 22.7. The number of carbonyl (C=O) groups excluding carboxylic acids is 2. The Kier molecular flexibility index (Phi) is 6.31. The maximum atomic E-state index is 12.7. The Bertz CT molecular complexity index is 1080.